The summed E-state index contributed by atoms with van der Waals surface area (Å²) in [7, 11) is 0. The maximum Gasteiger partial charge on any atom is 0.182 e. The lowest BCUT2D eigenvalue weighted by Gasteiger charge is -1.97. The molecule has 0 saturated heterocycles. The quantitative estimate of drug-likeness (QED) is 0.809. The van der Waals surface area contributed by atoms with Gasteiger partial charge in [-0.2, -0.15) is 0 Å². The van der Waals surface area contributed by atoms with E-state index in [2.05, 4.69) is 15.2 Å². The van der Waals surface area contributed by atoms with Crippen molar-refractivity contribution in [3.8, 4) is 0 Å². The van der Waals surface area contributed by atoms with E-state index in [9.17, 15) is 0 Å². The van der Waals surface area contributed by atoms with Crippen molar-refractivity contribution < 1.29 is 0 Å². The van der Waals surface area contributed by atoms with Crippen LogP contribution in [0.25, 0.3) is 0 Å². The van der Waals surface area contributed by atoms with Crippen LogP contribution in [0.1, 0.15) is 5.69 Å². The number of benzene rings is 1. The number of thiazole rings is 1. The van der Waals surface area contributed by atoms with E-state index < -0.39 is 0 Å². The second-order valence-electron chi connectivity index (χ2n) is 3.22. The van der Waals surface area contributed by atoms with Gasteiger partial charge in [0.2, 0.25) is 0 Å². The van der Waals surface area contributed by atoms with Crippen LogP contribution in [-0.2, 0) is 0 Å². The zero-order valence-corrected chi connectivity index (χ0v) is 11.1. The number of nitrogen functional groups attached to an aromatic ring is 1. The average Bonchev–Trinajstić information content (AvgIpc) is 2.60. The minimum atomic E-state index is 0.382. The summed E-state index contributed by atoms with van der Waals surface area (Å²) in [6.07, 6.45) is 0. The van der Waals surface area contributed by atoms with Crippen LogP contribution in [0.4, 0.5) is 15.8 Å². The molecule has 2 N–H and O–H groups in total. The molecule has 1 aromatic heterocycles. The summed E-state index contributed by atoms with van der Waals surface area (Å²) >= 11 is 13.1. The lowest BCUT2D eigenvalue weighted by Crippen LogP contribution is -1.80. The number of nitrogens with two attached hydrogens (primary N) is 1. The molecule has 0 aliphatic heterocycles. The molecule has 2 rings (SSSR count). The first-order valence-electron chi connectivity index (χ1n) is 4.66. The molecule has 4 nitrogen and oxygen atoms in total. The van der Waals surface area contributed by atoms with Crippen molar-refractivity contribution >= 4 is 50.4 Å². The van der Waals surface area contributed by atoms with E-state index in [1.54, 1.807) is 18.2 Å². The third kappa shape index (κ3) is 2.74. The van der Waals surface area contributed by atoms with Crippen LogP contribution < -0.4 is 5.73 Å². The Labute approximate surface area is 112 Å². The van der Waals surface area contributed by atoms with Crippen molar-refractivity contribution in [2.24, 2.45) is 10.2 Å². The van der Waals surface area contributed by atoms with Gasteiger partial charge in [-0.1, -0.05) is 40.6 Å². The molecule has 0 saturated carbocycles. The molecule has 1 aromatic carbocycles. The van der Waals surface area contributed by atoms with Crippen LogP contribution in [0, 0.1) is 6.92 Å². The topological polar surface area (TPSA) is 63.6 Å². The molecule has 0 bridgehead atoms. The van der Waals surface area contributed by atoms with Crippen molar-refractivity contribution in [3.05, 3.63) is 33.9 Å². The smallest absolute Gasteiger partial charge is 0.182 e. The van der Waals surface area contributed by atoms with E-state index in [0.29, 0.717) is 25.9 Å². The third-order valence-electron chi connectivity index (χ3n) is 1.97. The summed E-state index contributed by atoms with van der Waals surface area (Å²) in [6, 6.07) is 5.19. The van der Waals surface area contributed by atoms with E-state index in [4.69, 9.17) is 28.9 Å². The second kappa shape index (κ2) is 5.00. The largest absolute Gasteiger partial charge is 0.375 e. The molecule has 17 heavy (non-hydrogen) atoms. The molecule has 2 aromatic rings. The Bertz CT molecular complexity index is 580. The molecule has 0 aliphatic rings. The highest BCUT2D eigenvalue weighted by Gasteiger charge is 2.06. The highest BCUT2D eigenvalue weighted by molar-refractivity contribution is 7.19. The predicted molar refractivity (Wildman–Crippen MR) is 71.9 cm³/mol. The third-order valence-corrected chi connectivity index (χ3v) is 3.65. The van der Waals surface area contributed by atoms with Crippen molar-refractivity contribution in [2.75, 3.05) is 5.73 Å². The predicted octanol–water partition coefficient (Wildman–Crippen LogP) is 4.76. The van der Waals surface area contributed by atoms with E-state index in [1.165, 1.54) is 11.3 Å². The number of anilines is 1. The van der Waals surface area contributed by atoms with Gasteiger partial charge in [0.05, 0.1) is 15.7 Å². The van der Waals surface area contributed by atoms with Gasteiger partial charge in [0.1, 0.15) is 5.69 Å². The Morgan fingerprint density at radius 1 is 1.29 bits per heavy atom. The fourth-order valence-corrected chi connectivity index (χ4v) is 2.16. The molecular formula is C10H8Cl2N4S. The van der Waals surface area contributed by atoms with Crippen LogP contribution in [0.15, 0.2) is 28.4 Å². The lowest BCUT2D eigenvalue weighted by molar-refractivity contribution is 1.19. The van der Waals surface area contributed by atoms with Gasteiger partial charge in [-0.25, -0.2) is 4.98 Å². The van der Waals surface area contributed by atoms with Crippen molar-refractivity contribution in [1.82, 2.24) is 4.98 Å². The Morgan fingerprint density at radius 3 is 2.71 bits per heavy atom. The number of aromatic nitrogens is 1. The Hall–Kier alpha value is -1.17. The Morgan fingerprint density at radius 2 is 2.06 bits per heavy atom. The summed E-state index contributed by atoms with van der Waals surface area (Å²) < 4.78 is 0. The molecule has 0 unspecified atom stereocenters. The number of nitrogens with zero attached hydrogens (tertiary/aromatic N) is 3. The summed E-state index contributed by atoms with van der Waals surface area (Å²) in [5.41, 5.74) is 6.82. The van der Waals surface area contributed by atoms with E-state index in [-0.39, 0.29) is 0 Å². The summed E-state index contributed by atoms with van der Waals surface area (Å²) in [4.78, 5) is 4.05. The number of halogens is 2. The summed E-state index contributed by atoms with van der Waals surface area (Å²) in [5.74, 6) is 0. The molecule has 0 fully saturated rings. The normalized spacial score (nSPS) is 11.2. The number of azo groups is 1. The minimum absolute atomic E-state index is 0.382. The van der Waals surface area contributed by atoms with E-state index >= 15 is 0 Å². The van der Waals surface area contributed by atoms with Gasteiger partial charge in [-0.05, 0) is 19.1 Å². The maximum absolute atomic E-state index is 5.98. The molecule has 1 heterocycles. The zero-order chi connectivity index (χ0) is 12.4. The average molecular weight is 287 g/mol. The second-order valence-corrected chi connectivity index (χ2v) is 5.01. The molecule has 88 valence electrons. The van der Waals surface area contributed by atoms with Crippen LogP contribution in [0.5, 0.6) is 0 Å². The highest BCUT2D eigenvalue weighted by atomic mass is 35.5. The van der Waals surface area contributed by atoms with E-state index in [0.717, 1.165) is 5.69 Å². The van der Waals surface area contributed by atoms with Crippen LogP contribution >= 0.6 is 34.5 Å². The molecular weight excluding hydrogens is 279 g/mol. The van der Waals surface area contributed by atoms with Crippen LogP contribution in [0.3, 0.4) is 0 Å². The van der Waals surface area contributed by atoms with Crippen LogP contribution in [0.2, 0.25) is 10.0 Å². The first kappa shape index (κ1) is 12.3. The van der Waals surface area contributed by atoms with Crippen molar-refractivity contribution in [3.63, 3.8) is 0 Å². The van der Waals surface area contributed by atoms with Crippen LogP contribution in [-0.4, -0.2) is 4.98 Å². The maximum atomic E-state index is 5.98. The first-order chi connectivity index (χ1) is 8.08. The first-order valence-corrected chi connectivity index (χ1v) is 6.24. The van der Waals surface area contributed by atoms with Crippen molar-refractivity contribution in [1.29, 1.82) is 0 Å². The lowest BCUT2D eigenvalue weighted by atomic mass is 10.3. The van der Waals surface area contributed by atoms with Gasteiger partial charge in [-0.3, -0.25) is 0 Å². The monoisotopic (exact) mass is 286 g/mol. The van der Waals surface area contributed by atoms with Gasteiger partial charge >= 0.3 is 0 Å². The minimum Gasteiger partial charge on any atom is -0.375 e. The van der Waals surface area contributed by atoms with Gasteiger partial charge in [0.25, 0.3) is 0 Å². The Balaban J connectivity index is 2.32. The van der Waals surface area contributed by atoms with E-state index in [1.807, 2.05) is 6.92 Å². The number of aryl methyl sites for hydroxylation is 1. The molecule has 0 radical (unpaired) electrons. The zero-order valence-electron chi connectivity index (χ0n) is 8.82. The number of hydrogen-bond donors (Lipinski definition) is 1. The van der Waals surface area contributed by atoms with Gasteiger partial charge in [0.15, 0.2) is 10.1 Å². The van der Waals surface area contributed by atoms with Crippen molar-refractivity contribution in [2.45, 2.75) is 6.92 Å². The standard InChI is InChI=1S/C10H8Cl2N4S/c1-5-9(17-10(13)14-5)16-15-7-4-2-3-6(11)8(7)12/h2-4H,1H3,(H2,13,14). The molecule has 0 atom stereocenters. The molecule has 7 heteroatoms. The molecule has 0 aliphatic carbocycles. The fraction of sp³-hybridized carbons (Fsp3) is 0.100. The molecule has 0 spiro atoms. The SMILES string of the molecule is Cc1nc(N)sc1N=Nc1cccc(Cl)c1Cl. The highest BCUT2D eigenvalue weighted by Crippen LogP contribution is 2.35. The number of hydrogen-bond acceptors (Lipinski definition) is 5. The Kier molecular flexibility index (Phi) is 3.61. The number of rotatable bonds is 2. The van der Waals surface area contributed by atoms with Gasteiger partial charge in [-0.15, -0.1) is 10.2 Å². The van der Waals surface area contributed by atoms with Gasteiger partial charge < -0.3 is 5.73 Å². The summed E-state index contributed by atoms with van der Waals surface area (Å²) in [5, 5.41) is 10.1. The summed E-state index contributed by atoms with van der Waals surface area (Å²) in [6.45, 7) is 1.82. The molecule has 0 amide bonds. The fourth-order valence-electron chi connectivity index (χ4n) is 1.17. The van der Waals surface area contributed by atoms with Gasteiger partial charge in [0, 0.05) is 0 Å².